The van der Waals surface area contributed by atoms with Crippen molar-refractivity contribution in [1.82, 2.24) is 14.5 Å². The zero-order valence-electron chi connectivity index (χ0n) is 17.1. The number of thioether (sulfide) groups is 1. The number of aromatic nitrogens is 2. The second-order valence-corrected chi connectivity index (χ2v) is 9.35. The molecule has 3 aromatic rings. The molecule has 158 valence electrons. The molecule has 0 spiro atoms. The molecule has 0 fully saturated rings. The molecular weight excluding hydrogens is 469 g/mol. The highest BCUT2D eigenvalue weighted by Crippen LogP contribution is 2.22. The molecule has 1 heterocycles. The van der Waals surface area contributed by atoms with Gasteiger partial charge >= 0.3 is 0 Å². The van der Waals surface area contributed by atoms with Gasteiger partial charge < -0.3 is 4.90 Å². The number of rotatable bonds is 7. The Labute approximate surface area is 187 Å². The molecule has 1 aromatic heterocycles. The Morgan fingerprint density at radius 3 is 2.70 bits per heavy atom. The minimum atomic E-state index is -0.335. The number of halogens is 2. The van der Waals surface area contributed by atoms with Gasteiger partial charge in [-0.2, -0.15) is 0 Å². The molecule has 3 rings (SSSR count). The summed E-state index contributed by atoms with van der Waals surface area (Å²) in [5.74, 6) is -0.146. The van der Waals surface area contributed by atoms with E-state index in [2.05, 4.69) is 20.9 Å². The summed E-state index contributed by atoms with van der Waals surface area (Å²) >= 11 is 4.63. The van der Waals surface area contributed by atoms with Crippen LogP contribution in [0.1, 0.15) is 19.4 Å². The maximum absolute atomic E-state index is 13.9. The zero-order chi connectivity index (χ0) is 21.8. The summed E-state index contributed by atoms with van der Waals surface area (Å²) in [6, 6.07) is 11.8. The van der Waals surface area contributed by atoms with Gasteiger partial charge in [0, 0.05) is 30.2 Å². The van der Waals surface area contributed by atoms with Crippen LogP contribution in [0.15, 0.2) is 56.9 Å². The highest BCUT2D eigenvalue weighted by atomic mass is 79.9. The molecule has 0 atom stereocenters. The molecule has 0 bridgehead atoms. The van der Waals surface area contributed by atoms with Crippen molar-refractivity contribution in [1.29, 1.82) is 0 Å². The molecule has 0 N–H and O–H groups in total. The number of hydrogen-bond acceptors (Lipinski definition) is 4. The van der Waals surface area contributed by atoms with Gasteiger partial charge in [0.05, 0.1) is 16.7 Å². The normalized spacial score (nSPS) is 11.3. The van der Waals surface area contributed by atoms with Crippen molar-refractivity contribution in [3.8, 4) is 0 Å². The van der Waals surface area contributed by atoms with Crippen molar-refractivity contribution >= 4 is 44.5 Å². The first-order valence-electron chi connectivity index (χ1n) is 9.56. The number of fused-ring (bicyclic) bond motifs is 1. The van der Waals surface area contributed by atoms with Crippen molar-refractivity contribution in [2.75, 3.05) is 12.8 Å². The molecule has 0 aliphatic rings. The van der Waals surface area contributed by atoms with Crippen LogP contribution in [0.2, 0.25) is 0 Å². The van der Waals surface area contributed by atoms with Crippen molar-refractivity contribution in [3.05, 3.63) is 68.7 Å². The van der Waals surface area contributed by atoms with E-state index in [9.17, 15) is 14.0 Å². The molecular formula is C22H23BrFN3O2S. The van der Waals surface area contributed by atoms with E-state index in [1.54, 1.807) is 41.9 Å². The van der Waals surface area contributed by atoms with Gasteiger partial charge in [-0.15, -0.1) is 0 Å². The average Bonchev–Trinajstić information content (AvgIpc) is 2.70. The molecule has 0 saturated heterocycles. The van der Waals surface area contributed by atoms with Crippen LogP contribution in [-0.2, 0) is 17.9 Å². The monoisotopic (exact) mass is 491 g/mol. The second-order valence-electron chi connectivity index (χ2n) is 7.50. The fourth-order valence-corrected chi connectivity index (χ4v) is 4.33. The van der Waals surface area contributed by atoms with Gasteiger partial charge in [-0.1, -0.05) is 59.7 Å². The topological polar surface area (TPSA) is 55.2 Å². The summed E-state index contributed by atoms with van der Waals surface area (Å²) in [6.07, 6.45) is 0. The smallest absolute Gasteiger partial charge is 0.262 e. The molecule has 0 saturated carbocycles. The van der Waals surface area contributed by atoms with Crippen LogP contribution in [-0.4, -0.2) is 33.2 Å². The van der Waals surface area contributed by atoms with E-state index < -0.39 is 0 Å². The lowest BCUT2D eigenvalue weighted by Crippen LogP contribution is -2.29. The van der Waals surface area contributed by atoms with Gasteiger partial charge in [0.1, 0.15) is 5.82 Å². The van der Waals surface area contributed by atoms with Crippen LogP contribution in [0.25, 0.3) is 10.9 Å². The van der Waals surface area contributed by atoms with Crippen molar-refractivity contribution in [2.24, 2.45) is 5.92 Å². The number of nitrogens with zero attached hydrogens (tertiary/aromatic N) is 3. The fraction of sp³-hybridized carbons (Fsp3) is 0.318. The van der Waals surface area contributed by atoms with E-state index >= 15 is 0 Å². The maximum Gasteiger partial charge on any atom is 0.262 e. The summed E-state index contributed by atoms with van der Waals surface area (Å²) < 4.78 is 16.3. The van der Waals surface area contributed by atoms with Crippen LogP contribution < -0.4 is 5.56 Å². The summed E-state index contributed by atoms with van der Waals surface area (Å²) in [6.45, 7) is 4.75. The Balaban J connectivity index is 1.82. The predicted molar refractivity (Wildman–Crippen MR) is 122 cm³/mol. The number of hydrogen-bond donors (Lipinski definition) is 0. The van der Waals surface area contributed by atoms with E-state index in [4.69, 9.17) is 0 Å². The maximum atomic E-state index is 13.9. The largest absolute Gasteiger partial charge is 0.341 e. The Bertz CT molecular complexity index is 1130. The van der Waals surface area contributed by atoms with Gasteiger partial charge in [-0.05, 0) is 30.2 Å². The van der Waals surface area contributed by atoms with Gasteiger partial charge in [0.2, 0.25) is 5.91 Å². The molecule has 0 aliphatic heterocycles. The zero-order valence-corrected chi connectivity index (χ0v) is 19.5. The Morgan fingerprint density at radius 1 is 1.27 bits per heavy atom. The standard InChI is InChI=1S/C22H23BrFN3O2S/c1-14(2)11-27-21(29)17-10-16(23)8-9-19(17)25-22(27)30-13-20(28)26(3)12-15-6-4-5-7-18(15)24/h4-10,14H,11-13H2,1-3H3. The van der Waals surface area contributed by atoms with Crippen LogP contribution in [0.3, 0.4) is 0 Å². The fourth-order valence-electron chi connectivity index (χ4n) is 3.02. The molecule has 30 heavy (non-hydrogen) atoms. The third-order valence-corrected chi connectivity index (χ3v) is 6.00. The quantitative estimate of drug-likeness (QED) is 0.354. The van der Waals surface area contributed by atoms with E-state index in [0.29, 0.717) is 28.2 Å². The van der Waals surface area contributed by atoms with E-state index in [-0.39, 0.29) is 35.5 Å². The number of carbonyl (C=O) groups is 1. The van der Waals surface area contributed by atoms with Crippen LogP contribution in [0, 0.1) is 11.7 Å². The third kappa shape index (κ3) is 5.29. The minimum absolute atomic E-state index is 0.109. The van der Waals surface area contributed by atoms with E-state index in [1.165, 1.54) is 22.7 Å². The Kier molecular flexibility index (Phi) is 7.31. The lowest BCUT2D eigenvalue weighted by Gasteiger charge is -2.19. The average molecular weight is 492 g/mol. The molecule has 5 nitrogen and oxygen atoms in total. The van der Waals surface area contributed by atoms with Crippen molar-refractivity contribution < 1.29 is 9.18 Å². The Hall–Kier alpha value is -2.19. The summed E-state index contributed by atoms with van der Waals surface area (Å²) in [4.78, 5) is 31.8. The second kappa shape index (κ2) is 9.75. The predicted octanol–water partition coefficient (Wildman–Crippen LogP) is 4.70. The number of benzene rings is 2. The van der Waals surface area contributed by atoms with Gasteiger partial charge in [0.25, 0.3) is 5.56 Å². The third-order valence-electron chi connectivity index (χ3n) is 4.54. The lowest BCUT2D eigenvalue weighted by atomic mass is 10.2. The molecule has 8 heteroatoms. The molecule has 0 unspecified atom stereocenters. The Morgan fingerprint density at radius 2 is 2.00 bits per heavy atom. The van der Waals surface area contributed by atoms with Gasteiger partial charge in [0.15, 0.2) is 5.16 Å². The van der Waals surface area contributed by atoms with E-state index in [0.717, 1.165) is 4.47 Å². The first-order valence-corrected chi connectivity index (χ1v) is 11.3. The first kappa shape index (κ1) is 22.5. The summed E-state index contributed by atoms with van der Waals surface area (Å²) in [5, 5.41) is 1.05. The number of carbonyl (C=O) groups excluding carboxylic acids is 1. The van der Waals surface area contributed by atoms with Crippen molar-refractivity contribution in [3.63, 3.8) is 0 Å². The van der Waals surface area contributed by atoms with Crippen LogP contribution >= 0.6 is 27.7 Å². The minimum Gasteiger partial charge on any atom is -0.341 e. The highest BCUT2D eigenvalue weighted by molar-refractivity contribution is 9.10. The molecule has 1 amide bonds. The first-order chi connectivity index (χ1) is 14.3. The molecule has 0 radical (unpaired) electrons. The van der Waals surface area contributed by atoms with Gasteiger partial charge in [-0.25, -0.2) is 9.37 Å². The summed E-state index contributed by atoms with van der Waals surface area (Å²) in [7, 11) is 1.64. The van der Waals surface area contributed by atoms with Gasteiger partial charge in [-0.3, -0.25) is 14.2 Å². The SMILES string of the molecule is CC(C)Cn1c(SCC(=O)N(C)Cc2ccccc2F)nc2ccc(Br)cc2c1=O. The molecule has 0 aliphatic carbocycles. The highest BCUT2D eigenvalue weighted by Gasteiger charge is 2.17. The van der Waals surface area contributed by atoms with Crippen molar-refractivity contribution in [2.45, 2.75) is 32.1 Å². The molecule has 2 aromatic carbocycles. The van der Waals surface area contributed by atoms with E-state index in [1.807, 2.05) is 19.9 Å². The van der Waals surface area contributed by atoms with Crippen LogP contribution in [0.4, 0.5) is 4.39 Å². The lowest BCUT2D eigenvalue weighted by molar-refractivity contribution is -0.127. The van der Waals surface area contributed by atoms with Crippen LogP contribution in [0.5, 0.6) is 0 Å². The summed E-state index contributed by atoms with van der Waals surface area (Å²) in [5.41, 5.74) is 0.937. The number of amides is 1.